The standard InChI is InChI=1S/C22H22ClN3O4S/c1-2-30-22(27)26-13-11-25(12-14-26)21-18-5-3-4-6-19(18)24-15-20(21)31(28,29)17-9-7-16(23)8-10-17/h3-10,15H,2,11-14H2,1H3. The van der Waals surface area contributed by atoms with Gasteiger partial charge in [0, 0.05) is 42.8 Å². The molecule has 0 saturated carbocycles. The summed E-state index contributed by atoms with van der Waals surface area (Å²) in [6.45, 7) is 3.93. The normalized spacial score (nSPS) is 14.6. The van der Waals surface area contributed by atoms with Gasteiger partial charge in [-0.3, -0.25) is 4.98 Å². The van der Waals surface area contributed by atoms with Crippen LogP contribution in [0, 0.1) is 0 Å². The van der Waals surface area contributed by atoms with E-state index in [9.17, 15) is 13.2 Å². The van der Waals surface area contributed by atoms with Crippen LogP contribution in [0.25, 0.3) is 10.9 Å². The summed E-state index contributed by atoms with van der Waals surface area (Å²) in [5.74, 6) is 0. The summed E-state index contributed by atoms with van der Waals surface area (Å²) < 4.78 is 32.1. The van der Waals surface area contributed by atoms with Crippen LogP contribution in [0.2, 0.25) is 5.02 Å². The zero-order chi connectivity index (χ0) is 22.0. The van der Waals surface area contributed by atoms with Gasteiger partial charge in [0.1, 0.15) is 4.90 Å². The molecule has 0 unspecified atom stereocenters. The molecule has 0 radical (unpaired) electrons. The summed E-state index contributed by atoms with van der Waals surface area (Å²) in [5, 5.41) is 1.22. The lowest BCUT2D eigenvalue weighted by atomic mass is 10.1. The molecule has 7 nitrogen and oxygen atoms in total. The summed E-state index contributed by atoms with van der Waals surface area (Å²) in [6.07, 6.45) is 1.06. The van der Waals surface area contributed by atoms with Crippen molar-refractivity contribution in [3.05, 3.63) is 59.8 Å². The van der Waals surface area contributed by atoms with Gasteiger partial charge in [0.25, 0.3) is 0 Å². The van der Waals surface area contributed by atoms with E-state index >= 15 is 0 Å². The topological polar surface area (TPSA) is 79.8 Å². The van der Waals surface area contributed by atoms with Crippen molar-refractivity contribution in [3.63, 3.8) is 0 Å². The van der Waals surface area contributed by atoms with Crippen molar-refractivity contribution >= 4 is 44.1 Å². The quantitative estimate of drug-likeness (QED) is 0.586. The number of piperazine rings is 1. The number of amides is 1. The van der Waals surface area contributed by atoms with E-state index in [0.717, 1.165) is 5.39 Å². The Morgan fingerprint density at radius 2 is 1.74 bits per heavy atom. The molecule has 1 amide bonds. The van der Waals surface area contributed by atoms with Crippen LogP contribution in [-0.4, -0.2) is 57.2 Å². The van der Waals surface area contributed by atoms with E-state index in [2.05, 4.69) is 4.98 Å². The average molecular weight is 460 g/mol. The Labute approximate surface area is 186 Å². The molecule has 2 aromatic carbocycles. The summed E-state index contributed by atoms with van der Waals surface area (Å²) in [5.41, 5.74) is 1.31. The van der Waals surface area contributed by atoms with Crippen molar-refractivity contribution in [2.75, 3.05) is 37.7 Å². The molecule has 0 aliphatic carbocycles. The first-order chi connectivity index (χ1) is 14.9. The molecular weight excluding hydrogens is 438 g/mol. The number of ether oxygens (including phenoxy) is 1. The number of benzene rings is 2. The van der Waals surface area contributed by atoms with Crippen molar-refractivity contribution in [2.45, 2.75) is 16.7 Å². The molecule has 0 bridgehead atoms. The molecule has 1 aliphatic heterocycles. The van der Waals surface area contributed by atoms with E-state index in [4.69, 9.17) is 16.3 Å². The molecule has 162 valence electrons. The molecule has 2 heterocycles. The van der Waals surface area contributed by atoms with Gasteiger partial charge in [-0.25, -0.2) is 13.2 Å². The highest BCUT2D eigenvalue weighted by molar-refractivity contribution is 7.91. The number of carbonyl (C=O) groups excluding carboxylic acids is 1. The highest BCUT2D eigenvalue weighted by Gasteiger charge is 2.30. The van der Waals surface area contributed by atoms with E-state index in [1.165, 1.54) is 18.3 Å². The molecule has 1 fully saturated rings. The van der Waals surface area contributed by atoms with Crippen LogP contribution >= 0.6 is 11.6 Å². The molecule has 1 aromatic heterocycles. The fourth-order valence-corrected chi connectivity index (χ4v) is 5.26. The molecule has 0 N–H and O–H groups in total. The SMILES string of the molecule is CCOC(=O)N1CCN(c2c(S(=O)(=O)c3ccc(Cl)cc3)cnc3ccccc23)CC1. The van der Waals surface area contributed by atoms with Crippen molar-refractivity contribution in [1.29, 1.82) is 0 Å². The number of rotatable bonds is 4. The van der Waals surface area contributed by atoms with Crippen LogP contribution in [0.5, 0.6) is 0 Å². The van der Waals surface area contributed by atoms with Crippen LogP contribution in [0.3, 0.4) is 0 Å². The van der Waals surface area contributed by atoms with Crippen molar-refractivity contribution < 1.29 is 17.9 Å². The van der Waals surface area contributed by atoms with Crippen LogP contribution in [0.1, 0.15) is 6.92 Å². The Bertz CT molecular complexity index is 1210. The summed E-state index contributed by atoms with van der Waals surface area (Å²) in [6, 6.07) is 13.6. The van der Waals surface area contributed by atoms with Crippen LogP contribution in [0.4, 0.5) is 10.5 Å². The van der Waals surface area contributed by atoms with Gasteiger partial charge >= 0.3 is 6.09 Å². The number of hydrogen-bond donors (Lipinski definition) is 0. The summed E-state index contributed by atoms with van der Waals surface area (Å²) in [4.78, 5) is 20.4. The fraction of sp³-hybridized carbons (Fsp3) is 0.273. The molecule has 1 saturated heterocycles. The molecular formula is C22H22ClN3O4S. The Hall–Kier alpha value is -2.84. The zero-order valence-corrected chi connectivity index (χ0v) is 18.6. The van der Waals surface area contributed by atoms with Crippen molar-refractivity contribution in [1.82, 2.24) is 9.88 Å². The first-order valence-electron chi connectivity index (χ1n) is 9.97. The lowest BCUT2D eigenvalue weighted by Gasteiger charge is -2.36. The monoisotopic (exact) mass is 459 g/mol. The van der Waals surface area contributed by atoms with Gasteiger partial charge in [-0.2, -0.15) is 0 Å². The average Bonchev–Trinajstić information content (AvgIpc) is 2.79. The second-order valence-corrected chi connectivity index (χ2v) is 9.47. The number of carbonyl (C=O) groups is 1. The maximum Gasteiger partial charge on any atom is 0.409 e. The van der Waals surface area contributed by atoms with Crippen molar-refractivity contribution in [2.24, 2.45) is 0 Å². The van der Waals surface area contributed by atoms with Crippen LogP contribution < -0.4 is 4.90 Å². The van der Waals surface area contributed by atoms with E-state index in [-0.39, 0.29) is 15.9 Å². The highest BCUT2D eigenvalue weighted by Crippen LogP contribution is 2.36. The summed E-state index contributed by atoms with van der Waals surface area (Å²) >= 11 is 5.94. The Balaban J connectivity index is 1.77. The van der Waals surface area contributed by atoms with Crippen LogP contribution in [-0.2, 0) is 14.6 Å². The van der Waals surface area contributed by atoms with Crippen LogP contribution in [0.15, 0.2) is 64.5 Å². The number of nitrogens with zero attached hydrogens (tertiary/aromatic N) is 3. The molecule has 0 atom stereocenters. The molecule has 31 heavy (non-hydrogen) atoms. The van der Waals surface area contributed by atoms with Gasteiger partial charge in [0.05, 0.1) is 22.7 Å². The summed E-state index contributed by atoms with van der Waals surface area (Å²) in [7, 11) is -3.83. The minimum atomic E-state index is -3.83. The molecule has 0 spiro atoms. The Morgan fingerprint density at radius 3 is 2.42 bits per heavy atom. The predicted molar refractivity (Wildman–Crippen MR) is 119 cm³/mol. The third-order valence-electron chi connectivity index (χ3n) is 5.25. The number of fused-ring (bicyclic) bond motifs is 1. The number of pyridine rings is 1. The maximum absolute atomic E-state index is 13.5. The second kappa shape index (κ2) is 8.72. The largest absolute Gasteiger partial charge is 0.450 e. The number of halogens is 1. The lowest BCUT2D eigenvalue weighted by Crippen LogP contribution is -2.49. The number of aromatic nitrogens is 1. The number of para-hydroxylation sites is 1. The first-order valence-corrected chi connectivity index (χ1v) is 11.8. The third kappa shape index (κ3) is 4.18. The first kappa shape index (κ1) is 21.4. The smallest absolute Gasteiger partial charge is 0.409 e. The van der Waals surface area contributed by atoms with Gasteiger partial charge in [0.2, 0.25) is 9.84 Å². The zero-order valence-electron chi connectivity index (χ0n) is 17.0. The second-order valence-electron chi connectivity index (χ2n) is 7.12. The van der Waals surface area contributed by atoms with Crippen molar-refractivity contribution in [3.8, 4) is 0 Å². The van der Waals surface area contributed by atoms with Gasteiger partial charge in [-0.05, 0) is 37.3 Å². The Kier molecular flexibility index (Phi) is 6.02. The van der Waals surface area contributed by atoms with Gasteiger partial charge < -0.3 is 14.5 Å². The molecule has 9 heteroatoms. The number of anilines is 1. The number of hydrogen-bond acceptors (Lipinski definition) is 6. The van der Waals surface area contributed by atoms with E-state index in [0.29, 0.717) is 49.0 Å². The van der Waals surface area contributed by atoms with E-state index < -0.39 is 9.84 Å². The number of sulfone groups is 1. The van der Waals surface area contributed by atoms with E-state index in [1.807, 2.05) is 29.2 Å². The lowest BCUT2D eigenvalue weighted by molar-refractivity contribution is 0.105. The minimum Gasteiger partial charge on any atom is -0.450 e. The van der Waals surface area contributed by atoms with E-state index in [1.54, 1.807) is 24.0 Å². The van der Waals surface area contributed by atoms with Gasteiger partial charge in [-0.15, -0.1) is 0 Å². The maximum atomic E-state index is 13.5. The predicted octanol–water partition coefficient (Wildman–Crippen LogP) is 4.00. The molecule has 3 aromatic rings. The Morgan fingerprint density at radius 1 is 1.06 bits per heavy atom. The minimum absolute atomic E-state index is 0.137. The van der Waals surface area contributed by atoms with Gasteiger partial charge in [0.15, 0.2) is 0 Å². The van der Waals surface area contributed by atoms with Gasteiger partial charge in [-0.1, -0.05) is 29.8 Å². The third-order valence-corrected chi connectivity index (χ3v) is 7.27. The fourth-order valence-electron chi connectivity index (χ4n) is 3.70. The molecule has 1 aliphatic rings. The highest BCUT2D eigenvalue weighted by atomic mass is 35.5. The molecule has 4 rings (SSSR count).